The molecule has 0 atom stereocenters. The molecular weight excluding hydrogens is 178 g/mol. The predicted octanol–water partition coefficient (Wildman–Crippen LogP) is 0.980. The van der Waals surface area contributed by atoms with Crippen LogP contribution in [0.2, 0.25) is 0 Å². The zero-order valence-corrected chi connectivity index (χ0v) is 7.80. The van der Waals surface area contributed by atoms with Crippen molar-refractivity contribution in [3.63, 3.8) is 0 Å². The summed E-state index contributed by atoms with van der Waals surface area (Å²) in [5, 5.41) is 8.50. The molecule has 5 heteroatoms. The first-order valence-electron chi connectivity index (χ1n) is 3.42. The van der Waals surface area contributed by atoms with Gasteiger partial charge in [0.15, 0.2) is 0 Å². The van der Waals surface area contributed by atoms with Crippen LogP contribution in [-0.4, -0.2) is 18.7 Å². The molecule has 0 radical (unpaired) electrons. The molecule has 1 N–H and O–H groups in total. The van der Waals surface area contributed by atoms with Crippen LogP contribution in [0.5, 0.6) is 0 Å². The Morgan fingerprint density at radius 2 is 2.17 bits per heavy atom. The van der Waals surface area contributed by atoms with Gasteiger partial charge in [0.2, 0.25) is 0 Å². The lowest BCUT2D eigenvalue weighted by molar-refractivity contribution is 0.486. The van der Waals surface area contributed by atoms with Gasteiger partial charge >= 0.3 is 0 Å². The molecule has 0 bridgehead atoms. The molecule has 0 saturated heterocycles. The quantitative estimate of drug-likeness (QED) is 0.530. The first-order valence-corrected chi connectivity index (χ1v) is 5.03. The van der Waals surface area contributed by atoms with Gasteiger partial charge in [-0.3, -0.25) is 4.55 Å². The number of hydrogen-bond donors (Lipinski definition) is 1. The summed E-state index contributed by atoms with van der Waals surface area (Å²) < 4.78 is 28.9. The summed E-state index contributed by atoms with van der Waals surface area (Å²) >= 11 is 0. The summed E-state index contributed by atoms with van der Waals surface area (Å²) in [4.78, 5) is 0. The summed E-state index contributed by atoms with van der Waals surface area (Å²) in [5.74, 6) is -0.509. The Labute approximate surface area is 72.3 Å². The topological polar surface area (TPSA) is 78.2 Å². The van der Waals surface area contributed by atoms with Gasteiger partial charge in [-0.2, -0.15) is 13.7 Å². The normalized spacial score (nSPS) is 13.1. The molecule has 0 saturated carbocycles. The Balaban J connectivity index is 4.47. The largest absolute Gasteiger partial charge is 0.285 e. The Morgan fingerprint density at radius 1 is 1.67 bits per heavy atom. The van der Waals surface area contributed by atoms with Gasteiger partial charge in [-0.15, -0.1) is 0 Å². The van der Waals surface area contributed by atoms with Gasteiger partial charge in [-0.25, -0.2) is 0 Å². The molecule has 0 fully saturated rings. The van der Waals surface area contributed by atoms with E-state index in [9.17, 15) is 8.42 Å². The summed E-state index contributed by atoms with van der Waals surface area (Å²) in [6.07, 6.45) is 1.22. The summed E-state index contributed by atoms with van der Waals surface area (Å²) in [5.41, 5.74) is 0.368. The highest BCUT2D eigenvalue weighted by Crippen LogP contribution is 2.07. The van der Waals surface area contributed by atoms with E-state index >= 15 is 0 Å². The summed E-state index contributed by atoms with van der Waals surface area (Å²) in [7, 11) is -3.99. The molecule has 0 amide bonds. The van der Waals surface area contributed by atoms with E-state index in [1.165, 1.54) is 6.08 Å². The first-order chi connectivity index (χ1) is 5.37. The maximum Gasteiger partial charge on any atom is 0.268 e. The highest BCUT2D eigenvalue weighted by atomic mass is 32.2. The van der Waals surface area contributed by atoms with Crippen molar-refractivity contribution in [2.45, 2.75) is 13.8 Å². The molecule has 0 aliphatic carbocycles. The standard InChI is InChI=1S/C7H11NO3S/c1-6(2)7(5-8)3-4-12(9,10)11/h3,6H,4H2,1-2H3,(H,9,10,11). The third-order valence-electron chi connectivity index (χ3n) is 1.26. The first kappa shape index (κ1) is 11.1. The molecule has 0 spiro atoms. The molecule has 0 unspecified atom stereocenters. The number of nitriles is 1. The van der Waals surface area contributed by atoms with Gasteiger partial charge in [0.1, 0.15) is 0 Å². The van der Waals surface area contributed by atoms with Gasteiger partial charge in [0.05, 0.1) is 11.8 Å². The number of allylic oxidation sites excluding steroid dienone is 1. The Hall–Kier alpha value is -0.860. The van der Waals surface area contributed by atoms with Gasteiger partial charge < -0.3 is 0 Å². The lowest BCUT2D eigenvalue weighted by Gasteiger charge is -1.99. The van der Waals surface area contributed by atoms with Gasteiger partial charge in [0.25, 0.3) is 10.1 Å². The molecule has 4 nitrogen and oxygen atoms in total. The number of rotatable bonds is 3. The van der Waals surface area contributed by atoms with Crippen molar-refractivity contribution in [2.75, 3.05) is 5.75 Å². The average molecular weight is 189 g/mol. The van der Waals surface area contributed by atoms with E-state index in [0.29, 0.717) is 5.57 Å². The second-order valence-corrected chi connectivity index (χ2v) is 4.17. The lowest BCUT2D eigenvalue weighted by atomic mass is 10.1. The molecule has 12 heavy (non-hydrogen) atoms. The molecule has 0 aliphatic heterocycles. The minimum absolute atomic E-state index is 0.0169. The molecule has 0 heterocycles. The smallest absolute Gasteiger partial charge is 0.268 e. The van der Waals surface area contributed by atoms with Crippen LogP contribution in [0.25, 0.3) is 0 Å². The molecule has 0 rings (SSSR count). The minimum Gasteiger partial charge on any atom is -0.285 e. The van der Waals surface area contributed by atoms with Gasteiger partial charge in [-0.05, 0) is 5.92 Å². The lowest BCUT2D eigenvalue weighted by Crippen LogP contribution is -2.03. The fraction of sp³-hybridized carbons (Fsp3) is 0.571. The van der Waals surface area contributed by atoms with Crippen LogP contribution in [0, 0.1) is 17.2 Å². The van der Waals surface area contributed by atoms with Crippen LogP contribution in [0.1, 0.15) is 13.8 Å². The Bertz CT molecular complexity index is 308. The fourth-order valence-electron chi connectivity index (χ4n) is 0.606. The van der Waals surface area contributed by atoms with Crippen LogP contribution >= 0.6 is 0 Å². The van der Waals surface area contributed by atoms with Crippen molar-refractivity contribution in [3.05, 3.63) is 11.6 Å². The summed E-state index contributed by atoms with van der Waals surface area (Å²) in [6.45, 7) is 3.55. The van der Waals surface area contributed by atoms with E-state index < -0.39 is 15.9 Å². The van der Waals surface area contributed by atoms with Crippen molar-refractivity contribution in [1.82, 2.24) is 0 Å². The third-order valence-corrected chi connectivity index (χ3v) is 1.85. The minimum atomic E-state index is -3.99. The second-order valence-electron chi connectivity index (χ2n) is 2.67. The zero-order chi connectivity index (χ0) is 9.78. The van der Waals surface area contributed by atoms with E-state index in [-0.39, 0.29) is 5.92 Å². The highest BCUT2D eigenvalue weighted by molar-refractivity contribution is 7.85. The maximum absolute atomic E-state index is 10.3. The van der Waals surface area contributed by atoms with E-state index in [2.05, 4.69) is 0 Å². The van der Waals surface area contributed by atoms with E-state index in [1.807, 2.05) is 6.07 Å². The molecule has 68 valence electrons. The Morgan fingerprint density at radius 3 is 2.42 bits per heavy atom. The second kappa shape index (κ2) is 4.24. The monoisotopic (exact) mass is 189 g/mol. The third kappa shape index (κ3) is 4.88. The van der Waals surface area contributed by atoms with Crippen LogP contribution in [0.3, 0.4) is 0 Å². The Kier molecular flexibility index (Phi) is 3.93. The predicted molar refractivity (Wildman–Crippen MR) is 44.9 cm³/mol. The van der Waals surface area contributed by atoms with E-state index in [0.717, 1.165) is 0 Å². The molecule has 0 aromatic carbocycles. The van der Waals surface area contributed by atoms with Crippen molar-refractivity contribution < 1.29 is 13.0 Å². The number of nitrogens with zero attached hydrogens (tertiary/aromatic N) is 1. The molecule has 0 aromatic heterocycles. The fourth-order valence-corrected chi connectivity index (χ4v) is 0.996. The highest BCUT2D eigenvalue weighted by Gasteiger charge is 2.05. The van der Waals surface area contributed by atoms with Crippen molar-refractivity contribution >= 4 is 10.1 Å². The van der Waals surface area contributed by atoms with Crippen molar-refractivity contribution in [2.24, 2.45) is 5.92 Å². The van der Waals surface area contributed by atoms with Crippen LogP contribution in [-0.2, 0) is 10.1 Å². The van der Waals surface area contributed by atoms with Crippen LogP contribution in [0.4, 0.5) is 0 Å². The van der Waals surface area contributed by atoms with Crippen LogP contribution < -0.4 is 0 Å². The molecule has 0 aromatic rings. The molecule has 0 aliphatic rings. The molecular formula is C7H11NO3S. The summed E-state index contributed by atoms with van der Waals surface area (Å²) in [6, 6.07) is 1.86. The van der Waals surface area contributed by atoms with Crippen LogP contribution in [0.15, 0.2) is 11.6 Å². The van der Waals surface area contributed by atoms with Crippen molar-refractivity contribution in [3.8, 4) is 6.07 Å². The maximum atomic E-state index is 10.3. The SMILES string of the molecule is CC(C)C(C#N)=CCS(=O)(=O)O. The van der Waals surface area contributed by atoms with Crippen molar-refractivity contribution in [1.29, 1.82) is 5.26 Å². The van der Waals surface area contributed by atoms with Gasteiger partial charge in [0, 0.05) is 5.57 Å². The van der Waals surface area contributed by atoms with E-state index in [1.54, 1.807) is 13.8 Å². The van der Waals surface area contributed by atoms with E-state index in [4.69, 9.17) is 9.81 Å². The van der Waals surface area contributed by atoms with Gasteiger partial charge in [-0.1, -0.05) is 19.9 Å². The average Bonchev–Trinajstić information content (AvgIpc) is 1.85. The zero-order valence-electron chi connectivity index (χ0n) is 6.98. The number of hydrogen-bond acceptors (Lipinski definition) is 3.